The molecule has 0 aliphatic rings. The van der Waals surface area contributed by atoms with Crippen molar-refractivity contribution >= 4 is 17.5 Å². The molecule has 0 bridgehead atoms. The smallest absolute Gasteiger partial charge is 0.257 e. The van der Waals surface area contributed by atoms with Gasteiger partial charge in [-0.3, -0.25) is 4.79 Å². The van der Waals surface area contributed by atoms with Gasteiger partial charge in [-0.15, -0.1) is 0 Å². The van der Waals surface area contributed by atoms with E-state index in [0.717, 1.165) is 16.7 Å². The summed E-state index contributed by atoms with van der Waals surface area (Å²) in [7, 11) is 0. The Morgan fingerprint density at radius 3 is 2.56 bits per heavy atom. The van der Waals surface area contributed by atoms with Crippen molar-refractivity contribution in [2.24, 2.45) is 0 Å². The first-order valence-electron chi connectivity index (χ1n) is 8.30. The van der Waals surface area contributed by atoms with Crippen LogP contribution in [-0.2, 0) is 11.2 Å². The molecule has 3 nitrogen and oxygen atoms in total. The van der Waals surface area contributed by atoms with Gasteiger partial charge in [0.2, 0.25) is 0 Å². The molecule has 0 fully saturated rings. The third-order valence-electron chi connectivity index (χ3n) is 3.92. The summed E-state index contributed by atoms with van der Waals surface area (Å²) in [5.74, 6) is 0.490. The molecule has 0 aromatic heterocycles. The van der Waals surface area contributed by atoms with Crippen LogP contribution in [0.2, 0.25) is 5.02 Å². The Bertz CT molecular complexity index is 729. The highest BCUT2D eigenvalue weighted by atomic mass is 35.5. The Morgan fingerprint density at radius 2 is 1.92 bits per heavy atom. The fourth-order valence-electron chi connectivity index (χ4n) is 2.46. The molecule has 5 heteroatoms. The molecule has 2 aromatic carbocycles. The second kappa shape index (κ2) is 8.86. The third-order valence-corrected chi connectivity index (χ3v) is 4.25. The maximum absolute atomic E-state index is 12.8. The minimum absolute atomic E-state index is 0.0522. The topological polar surface area (TPSA) is 38.3 Å². The Balaban J connectivity index is 1.83. The normalized spacial score (nSPS) is 10.8. The molecule has 1 amide bonds. The lowest BCUT2D eigenvalue weighted by molar-refractivity contribution is -0.123. The molecule has 0 aliphatic carbocycles. The number of aryl methyl sites for hydroxylation is 1. The van der Waals surface area contributed by atoms with E-state index in [2.05, 4.69) is 19.2 Å². The summed E-state index contributed by atoms with van der Waals surface area (Å²) in [6, 6.07) is 10.0. The highest BCUT2D eigenvalue weighted by Crippen LogP contribution is 2.31. The van der Waals surface area contributed by atoms with Gasteiger partial charge in [-0.1, -0.05) is 37.6 Å². The maximum Gasteiger partial charge on any atom is 0.257 e. The molecule has 25 heavy (non-hydrogen) atoms. The highest BCUT2D eigenvalue weighted by molar-refractivity contribution is 6.31. The minimum Gasteiger partial charge on any atom is -0.483 e. The van der Waals surface area contributed by atoms with Crippen LogP contribution in [0.15, 0.2) is 36.4 Å². The van der Waals surface area contributed by atoms with E-state index in [1.807, 2.05) is 19.1 Å². The molecule has 134 valence electrons. The van der Waals surface area contributed by atoms with Crippen LogP contribution in [0, 0.1) is 12.7 Å². The van der Waals surface area contributed by atoms with Crippen molar-refractivity contribution in [2.45, 2.75) is 33.1 Å². The van der Waals surface area contributed by atoms with Crippen LogP contribution >= 0.6 is 11.6 Å². The molecule has 1 N–H and O–H groups in total. The Hall–Kier alpha value is -2.07. The van der Waals surface area contributed by atoms with Crippen molar-refractivity contribution in [3.63, 3.8) is 0 Å². The molecular formula is C20H23ClFNO2. The van der Waals surface area contributed by atoms with Gasteiger partial charge >= 0.3 is 0 Å². The van der Waals surface area contributed by atoms with Crippen LogP contribution in [-0.4, -0.2) is 19.1 Å². The number of hydrogen-bond acceptors (Lipinski definition) is 2. The van der Waals surface area contributed by atoms with Gasteiger partial charge in [0.05, 0.1) is 0 Å². The first kappa shape index (κ1) is 19.3. The predicted octanol–water partition coefficient (Wildman–Crippen LogP) is 4.65. The summed E-state index contributed by atoms with van der Waals surface area (Å²) in [5, 5.41) is 3.51. The summed E-state index contributed by atoms with van der Waals surface area (Å²) in [6.07, 6.45) is 0.642. The fourth-order valence-corrected chi connectivity index (χ4v) is 2.89. The van der Waals surface area contributed by atoms with Crippen molar-refractivity contribution in [1.29, 1.82) is 0 Å². The maximum atomic E-state index is 12.8. The lowest BCUT2D eigenvalue weighted by atomic mass is 10.0. The largest absolute Gasteiger partial charge is 0.483 e. The zero-order chi connectivity index (χ0) is 18.4. The SMILES string of the molecule is Cc1cc(Cl)c(C(C)C)cc1OCC(=O)NCCc1ccc(F)cc1. The summed E-state index contributed by atoms with van der Waals surface area (Å²) in [6.45, 7) is 6.44. The van der Waals surface area contributed by atoms with Crippen molar-refractivity contribution in [2.75, 3.05) is 13.2 Å². The summed E-state index contributed by atoms with van der Waals surface area (Å²) >= 11 is 6.24. The number of carbonyl (C=O) groups is 1. The number of rotatable bonds is 7. The van der Waals surface area contributed by atoms with E-state index in [0.29, 0.717) is 23.7 Å². The number of halogens is 2. The first-order chi connectivity index (χ1) is 11.9. The first-order valence-corrected chi connectivity index (χ1v) is 8.68. The van der Waals surface area contributed by atoms with Crippen molar-refractivity contribution in [3.8, 4) is 5.75 Å². The minimum atomic E-state index is -0.264. The van der Waals surface area contributed by atoms with E-state index in [1.165, 1.54) is 12.1 Å². The quantitative estimate of drug-likeness (QED) is 0.777. The van der Waals surface area contributed by atoms with E-state index < -0.39 is 0 Å². The highest BCUT2D eigenvalue weighted by Gasteiger charge is 2.11. The van der Waals surface area contributed by atoms with Gasteiger partial charge in [0.1, 0.15) is 11.6 Å². The van der Waals surface area contributed by atoms with Crippen molar-refractivity contribution in [1.82, 2.24) is 5.32 Å². The number of hydrogen-bond donors (Lipinski definition) is 1. The van der Waals surface area contributed by atoms with Crippen LogP contribution in [0.25, 0.3) is 0 Å². The molecule has 0 atom stereocenters. The Kier molecular flexibility index (Phi) is 6.82. The van der Waals surface area contributed by atoms with Gasteiger partial charge in [0, 0.05) is 11.6 Å². The lowest BCUT2D eigenvalue weighted by Gasteiger charge is -2.14. The Morgan fingerprint density at radius 1 is 1.24 bits per heavy atom. The second-order valence-corrected chi connectivity index (χ2v) is 6.72. The van der Waals surface area contributed by atoms with Gasteiger partial charge in [-0.05, 0) is 60.2 Å². The average Bonchev–Trinajstić information content (AvgIpc) is 2.55. The molecule has 0 aliphatic heterocycles. The summed E-state index contributed by atoms with van der Waals surface area (Å²) < 4.78 is 18.5. The molecule has 0 saturated carbocycles. The monoisotopic (exact) mass is 363 g/mol. The fraction of sp³-hybridized carbons (Fsp3) is 0.350. The van der Waals surface area contributed by atoms with Gasteiger partial charge in [-0.25, -0.2) is 4.39 Å². The zero-order valence-corrected chi connectivity index (χ0v) is 15.5. The molecule has 0 saturated heterocycles. The molecule has 0 unspecified atom stereocenters. The van der Waals surface area contributed by atoms with Crippen LogP contribution in [0.3, 0.4) is 0 Å². The van der Waals surface area contributed by atoms with E-state index in [4.69, 9.17) is 16.3 Å². The van der Waals surface area contributed by atoms with Crippen LogP contribution in [0.5, 0.6) is 5.75 Å². The zero-order valence-electron chi connectivity index (χ0n) is 14.7. The van der Waals surface area contributed by atoms with E-state index in [9.17, 15) is 9.18 Å². The van der Waals surface area contributed by atoms with E-state index in [-0.39, 0.29) is 24.2 Å². The van der Waals surface area contributed by atoms with Crippen molar-refractivity contribution in [3.05, 3.63) is 63.9 Å². The predicted molar refractivity (Wildman–Crippen MR) is 98.9 cm³/mol. The summed E-state index contributed by atoms with van der Waals surface area (Å²) in [4.78, 5) is 11.9. The molecule has 0 spiro atoms. The molecule has 2 aromatic rings. The standard InChI is InChI=1S/C20H23ClFNO2/c1-13(2)17-11-19(14(3)10-18(17)21)25-12-20(24)23-9-8-15-4-6-16(22)7-5-15/h4-7,10-11,13H,8-9,12H2,1-3H3,(H,23,24). The number of nitrogens with one attached hydrogen (secondary N) is 1. The Labute approximate surface area is 153 Å². The van der Waals surface area contributed by atoms with Gasteiger partial charge in [-0.2, -0.15) is 0 Å². The second-order valence-electron chi connectivity index (χ2n) is 6.31. The van der Waals surface area contributed by atoms with Gasteiger partial charge in [0.25, 0.3) is 5.91 Å². The van der Waals surface area contributed by atoms with Crippen LogP contribution < -0.4 is 10.1 Å². The lowest BCUT2D eigenvalue weighted by Crippen LogP contribution is -2.30. The number of carbonyl (C=O) groups excluding carboxylic acids is 1. The van der Waals surface area contributed by atoms with E-state index in [1.54, 1.807) is 12.1 Å². The number of amides is 1. The molecule has 0 heterocycles. The summed E-state index contributed by atoms with van der Waals surface area (Å²) in [5.41, 5.74) is 2.87. The molecule has 2 rings (SSSR count). The van der Waals surface area contributed by atoms with Crippen molar-refractivity contribution < 1.29 is 13.9 Å². The van der Waals surface area contributed by atoms with Gasteiger partial charge in [0.15, 0.2) is 6.61 Å². The number of benzene rings is 2. The van der Waals surface area contributed by atoms with Gasteiger partial charge < -0.3 is 10.1 Å². The molecule has 0 radical (unpaired) electrons. The third kappa shape index (κ3) is 5.75. The average molecular weight is 364 g/mol. The number of ether oxygens (including phenoxy) is 1. The van der Waals surface area contributed by atoms with Crippen LogP contribution in [0.4, 0.5) is 4.39 Å². The van der Waals surface area contributed by atoms with E-state index >= 15 is 0 Å². The molecular weight excluding hydrogens is 341 g/mol. The van der Waals surface area contributed by atoms with Crippen LogP contribution in [0.1, 0.15) is 36.5 Å².